The van der Waals surface area contributed by atoms with Crippen molar-refractivity contribution in [3.8, 4) is 17.5 Å². The molecule has 2 bridgehead atoms. The van der Waals surface area contributed by atoms with Gasteiger partial charge in [0.05, 0.1) is 38.5 Å². The summed E-state index contributed by atoms with van der Waals surface area (Å²) >= 11 is 0. The second kappa shape index (κ2) is 13.9. The number of hydrogen-bond acceptors (Lipinski definition) is 11. The summed E-state index contributed by atoms with van der Waals surface area (Å²) in [6.45, 7) is 4.68. The molecule has 8 rings (SSSR count). The second-order valence-corrected chi connectivity index (χ2v) is 14.1. The number of likely N-dealkylation sites (N-methyl/N-ethyl adjacent to an activating group) is 1. The fourth-order valence-corrected chi connectivity index (χ4v) is 8.34. The number of carboxylic acid groups (broad SMARTS) is 1. The molecular formula is C38H46N8O5. The number of piperazine rings is 1. The number of anilines is 3. The molecule has 3 fully saturated rings. The van der Waals surface area contributed by atoms with Crippen molar-refractivity contribution in [2.75, 3.05) is 69.2 Å². The van der Waals surface area contributed by atoms with E-state index >= 15 is 0 Å². The Labute approximate surface area is 298 Å². The minimum atomic E-state index is -0.827. The second-order valence-electron chi connectivity index (χ2n) is 14.1. The first-order valence-corrected chi connectivity index (χ1v) is 18.0. The number of carbonyl (C=O) groups is 1. The number of benzene rings is 2. The van der Waals surface area contributed by atoms with E-state index in [1.165, 1.54) is 0 Å². The van der Waals surface area contributed by atoms with Gasteiger partial charge in [0.2, 0.25) is 0 Å². The van der Waals surface area contributed by atoms with Gasteiger partial charge in [0.15, 0.2) is 0 Å². The highest BCUT2D eigenvalue weighted by molar-refractivity contribution is 5.94. The van der Waals surface area contributed by atoms with E-state index < -0.39 is 6.09 Å². The van der Waals surface area contributed by atoms with E-state index in [1.807, 2.05) is 18.2 Å². The molecule has 4 aromatic rings. The Bertz CT molecular complexity index is 1910. The number of fused-ring (bicyclic) bond motifs is 4. The predicted octanol–water partition coefficient (Wildman–Crippen LogP) is 5.02. The quantitative estimate of drug-likeness (QED) is 0.231. The number of methoxy groups -OCH3 is 2. The number of aromatic nitrogens is 3. The molecule has 51 heavy (non-hydrogen) atoms. The Morgan fingerprint density at radius 1 is 0.941 bits per heavy atom. The molecule has 4 aliphatic heterocycles. The van der Waals surface area contributed by atoms with Crippen molar-refractivity contribution in [1.29, 1.82) is 0 Å². The lowest BCUT2D eigenvalue weighted by molar-refractivity contribution is 0.114. The summed E-state index contributed by atoms with van der Waals surface area (Å²) < 4.78 is 17.4. The third kappa shape index (κ3) is 6.50. The molecule has 1 amide bonds. The highest BCUT2D eigenvalue weighted by Crippen LogP contribution is 2.38. The molecular weight excluding hydrogens is 648 g/mol. The molecule has 268 valence electrons. The zero-order chi connectivity index (χ0) is 35.1. The van der Waals surface area contributed by atoms with Crippen molar-refractivity contribution in [3.05, 3.63) is 65.4 Å². The maximum absolute atomic E-state index is 12.1. The van der Waals surface area contributed by atoms with Gasteiger partial charge in [-0.1, -0.05) is 24.3 Å². The van der Waals surface area contributed by atoms with Gasteiger partial charge in [0, 0.05) is 54.8 Å². The van der Waals surface area contributed by atoms with Crippen molar-refractivity contribution in [2.24, 2.45) is 0 Å². The molecule has 0 aliphatic carbocycles. The van der Waals surface area contributed by atoms with E-state index in [9.17, 15) is 9.90 Å². The van der Waals surface area contributed by atoms with Gasteiger partial charge < -0.3 is 39.3 Å². The van der Waals surface area contributed by atoms with E-state index in [0.717, 1.165) is 102 Å². The lowest BCUT2D eigenvalue weighted by Gasteiger charge is -2.41. The third-order valence-corrected chi connectivity index (χ3v) is 11.1. The Balaban J connectivity index is 1.10. The fourth-order valence-electron chi connectivity index (χ4n) is 8.34. The van der Waals surface area contributed by atoms with Gasteiger partial charge in [-0.05, 0) is 69.3 Å². The van der Waals surface area contributed by atoms with E-state index in [0.29, 0.717) is 44.8 Å². The molecule has 2 aromatic carbocycles. The summed E-state index contributed by atoms with van der Waals surface area (Å²) in [6, 6.07) is 16.9. The molecule has 2 aromatic heterocycles. The van der Waals surface area contributed by atoms with Crippen LogP contribution in [-0.2, 0) is 19.5 Å². The third-order valence-electron chi connectivity index (χ3n) is 11.1. The number of hydrogen-bond donors (Lipinski definition) is 2. The number of nitrogens with one attached hydrogen (secondary N) is 1. The standard InChI is InChI=1S/C38H46N8O5/c1-43-15-6-8-28(43)23-51-37-40-32-22-44(16-14-31(32)36(42-37)45-20-26-11-12-27(21-45)46(26)38(47)48)35-30-9-5-4-7-24(30)17-34(41-35)39-19-25-10-13-29(49-2)18-33(25)50-3/h4-5,7,9-10,13,17-18,26-28H,6,8,11-12,14-16,19-23H2,1-3H3,(H,39,41)(H,47,48)/t26-,27+,28-/m0/s1. The van der Waals surface area contributed by atoms with Gasteiger partial charge in [-0.2, -0.15) is 9.97 Å². The van der Waals surface area contributed by atoms with Crippen LogP contribution in [0.3, 0.4) is 0 Å². The monoisotopic (exact) mass is 694 g/mol. The number of amides is 1. The molecule has 3 atom stereocenters. The molecule has 0 saturated carbocycles. The van der Waals surface area contributed by atoms with E-state index in [4.69, 9.17) is 29.2 Å². The van der Waals surface area contributed by atoms with Crippen LogP contribution in [0.15, 0.2) is 48.5 Å². The van der Waals surface area contributed by atoms with Crippen LogP contribution in [0.1, 0.15) is 42.5 Å². The number of nitrogens with zero attached hydrogens (tertiary/aromatic N) is 7. The molecule has 13 heteroatoms. The summed E-state index contributed by atoms with van der Waals surface area (Å²) in [4.78, 5) is 35.9. The maximum atomic E-state index is 12.1. The number of pyridine rings is 1. The van der Waals surface area contributed by atoms with Crippen LogP contribution in [0.25, 0.3) is 10.8 Å². The molecule has 13 nitrogen and oxygen atoms in total. The van der Waals surface area contributed by atoms with Crippen LogP contribution in [0.2, 0.25) is 0 Å². The first-order valence-electron chi connectivity index (χ1n) is 18.0. The van der Waals surface area contributed by atoms with Crippen molar-refractivity contribution < 1.29 is 24.1 Å². The SMILES string of the molecule is COc1ccc(CNc2cc3ccccc3c(N3CCc4c(nc(OC[C@@H]5CCCN5C)nc4N4C[C@H]5CC[C@@H](C4)N5C(=O)O)C3)n2)c(OC)c1. The normalized spacial score (nSPS) is 21.5. The van der Waals surface area contributed by atoms with Crippen molar-refractivity contribution in [3.63, 3.8) is 0 Å². The number of likely N-dealkylation sites (tertiary alicyclic amines) is 1. The van der Waals surface area contributed by atoms with Crippen molar-refractivity contribution in [1.82, 2.24) is 24.8 Å². The summed E-state index contributed by atoms with van der Waals surface area (Å²) in [5.41, 5.74) is 3.05. The van der Waals surface area contributed by atoms with Gasteiger partial charge in [-0.3, -0.25) is 4.90 Å². The molecule has 6 heterocycles. The van der Waals surface area contributed by atoms with Crippen LogP contribution in [-0.4, -0.2) is 108 Å². The summed E-state index contributed by atoms with van der Waals surface area (Å²) in [7, 11) is 5.45. The lowest BCUT2D eigenvalue weighted by atomic mass is 10.0. The first-order chi connectivity index (χ1) is 24.9. The molecule has 2 N–H and O–H groups in total. The average molecular weight is 695 g/mol. The predicted molar refractivity (Wildman–Crippen MR) is 195 cm³/mol. The van der Waals surface area contributed by atoms with Crippen LogP contribution >= 0.6 is 0 Å². The van der Waals surface area contributed by atoms with Crippen LogP contribution in [0.4, 0.5) is 22.2 Å². The summed E-state index contributed by atoms with van der Waals surface area (Å²) in [5, 5.41) is 15.6. The topological polar surface area (TPSA) is 129 Å². The van der Waals surface area contributed by atoms with Crippen LogP contribution in [0.5, 0.6) is 17.5 Å². The smallest absolute Gasteiger partial charge is 0.407 e. The average Bonchev–Trinajstić information content (AvgIpc) is 3.69. The van der Waals surface area contributed by atoms with E-state index in [-0.39, 0.29) is 12.1 Å². The van der Waals surface area contributed by atoms with Gasteiger partial charge in [-0.15, -0.1) is 0 Å². The van der Waals surface area contributed by atoms with Gasteiger partial charge in [0.1, 0.15) is 35.6 Å². The Hall–Kier alpha value is -5.04. The Morgan fingerprint density at radius 3 is 2.51 bits per heavy atom. The zero-order valence-electron chi connectivity index (χ0n) is 29.5. The highest BCUT2D eigenvalue weighted by Gasteiger charge is 2.44. The van der Waals surface area contributed by atoms with Crippen molar-refractivity contribution >= 4 is 34.3 Å². The lowest BCUT2D eigenvalue weighted by Crippen LogP contribution is -2.56. The largest absolute Gasteiger partial charge is 0.497 e. The Kier molecular flexibility index (Phi) is 9.05. The van der Waals surface area contributed by atoms with E-state index in [2.05, 4.69) is 57.4 Å². The molecule has 0 radical (unpaired) electrons. The Morgan fingerprint density at radius 2 is 1.76 bits per heavy atom. The number of ether oxygens (including phenoxy) is 3. The summed E-state index contributed by atoms with van der Waals surface area (Å²) in [6.07, 6.45) is 3.92. The minimum absolute atomic E-state index is 0.0350. The van der Waals surface area contributed by atoms with Crippen molar-refractivity contribution in [2.45, 2.75) is 63.3 Å². The van der Waals surface area contributed by atoms with Gasteiger partial charge in [0.25, 0.3) is 0 Å². The first kappa shape index (κ1) is 33.1. The highest BCUT2D eigenvalue weighted by atomic mass is 16.5. The van der Waals surface area contributed by atoms with Gasteiger partial charge >= 0.3 is 12.1 Å². The molecule has 3 saturated heterocycles. The fraction of sp³-hybridized carbons (Fsp3) is 0.474. The van der Waals surface area contributed by atoms with Gasteiger partial charge in [-0.25, -0.2) is 9.78 Å². The minimum Gasteiger partial charge on any atom is -0.497 e. The van der Waals surface area contributed by atoms with Crippen LogP contribution in [0, 0.1) is 0 Å². The molecule has 0 spiro atoms. The zero-order valence-corrected chi connectivity index (χ0v) is 29.5. The summed E-state index contributed by atoms with van der Waals surface area (Å²) in [5.74, 6) is 4.05. The molecule has 4 aliphatic rings. The molecule has 0 unspecified atom stereocenters. The number of rotatable bonds is 10. The van der Waals surface area contributed by atoms with Crippen LogP contribution < -0.4 is 29.3 Å². The van der Waals surface area contributed by atoms with E-state index in [1.54, 1.807) is 19.1 Å². The maximum Gasteiger partial charge on any atom is 0.407 e.